The average molecular weight is 256 g/mol. The smallest absolute Gasteiger partial charge is 0.410 e. The average Bonchev–Trinajstić information content (AvgIpc) is 2.34. The summed E-state index contributed by atoms with van der Waals surface area (Å²) in [6.45, 7) is 11.7. The van der Waals surface area contributed by atoms with Crippen LogP contribution < -0.4 is 5.32 Å². The maximum absolute atomic E-state index is 12.1. The van der Waals surface area contributed by atoms with Crippen molar-refractivity contribution in [2.24, 2.45) is 11.8 Å². The van der Waals surface area contributed by atoms with Gasteiger partial charge in [-0.2, -0.15) is 0 Å². The van der Waals surface area contributed by atoms with Gasteiger partial charge in [-0.15, -0.1) is 0 Å². The van der Waals surface area contributed by atoms with Crippen LogP contribution in [0.15, 0.2) is 0 Å². The second-order valence-corrected chi connectivity index (χ2v) is 5.91. The molecule has 1 rings (SSSR count). The molecule has 106 valence electrons. The van der Waals surface area contributed by atoms with Gasteiger partial charge in [0, 0.05) is 12.6 Å². The van der Waals surface area contributed by atoms with Crippen LogP contribution in [0.3, 0.4) is 0 Å². The number of hydrogen-bond acceptors (Lipinski definition) is 3. The largest absolute Gasteiger partial charge is 0.449 e. The number of nitrogens with zero attached hydrogens (tertiary/aromatic N) is 1. The van der Waals surface area contributed by atoms with Gasteiger partial charge in [0.25, 0.3) is 0 Å². The van der Waals surface area contributed by atoms with Crippen LogP contribution in [0.4, 0.5) is 4.79 Å². The summed E-state index contributed by atoms with van der Waals surface area (Å²) in [6.07, 6.45) is 2.15. The summed E-state index contributed by atoms with van der Waals surface area (Å²) in [5.74, 6) is 1.00. The fourth-order valence-electron chi connectivity index (χ4n) is 2.16. The normalized spacial score (nSPS) is 17.2. The summed E-state index contributed by atoms with van der Waals surface area (Å²) >= 11 is 0. The molecule has 1 aliphatic heterocycles. The third-order valence-corrected chi connectivity index (χ3v) is 3.31. The van der Waals surface area contributed by atoms with Gasteiger partial charge in [0.05, 0.1) is 6.61 Å². The molecule has 4 nitrogen and oxygen atoms in total. The Morgan fingerprint density at radius 2 is 1.89 bits per heavy atom. The van der Waals surface area contributed by atoms with Crippen molar-refractivity contribution >= 4 is 6.09 Å². The Balaban J connectivity index is 2.44. The van der Waals surface area contributed by atoms with Crippen molar-refractivity contribution in [3.63, 3.8) is 0 Å². The number of carbonyl (C=O) groups is 1. The van der Waals surface area contributed by atoms with Crippen molar-refractivity contribution in [2.45, 2.75) is 46.6 Å². The van der Waals surface area contributed by atoms with Crippen LogP contribution in [0.1, 0.15) is 40.5 Å². The molecule has 4 heteroatoms. The van der Waals surface area contributed by atoms with E-state index in [2.05, 4.69) is 33.0 Å². The highest BCUT2D eigenvalue weighted by atomic mass is 16.6. The van der Waals surface area contributed by atoms with Crippen LogP contribution in [-0.2, 0) is 4.74 Å². The molecule has 0 radical (unpaired) electrons. The molecule has 1 N–H and O–H groups in total. The zero-order chi connectivity index (χ0) is 13.5. The quantitative estimate of drug-likeness (QED) is 0.821. The number of amides is 1. The first-order valence-electron chi connectivity index (χ1n) is 7.14. The summed E-state index contributed by atoms with van der Waals surface area (Å²) in [7, 11) is 0. The van der Waals surface area contributed by atoms with Crippen molar-refractivity contribution in [1.82, 2.24) is 10.2 Å². The fourth-order valence-corrected chi connectivity index (χ4v) is 2.16. The molecule has 1 amide bonds. The third kappa shape index (κ3) is 5.25. The van der Waals surface area contributed by atoms with Gasteiger partial charge in [-0.3, -0.25) is 0 Å². The van der Waals surface area contributed by atoms with Crippen molar-refractivity contribution in [1.29, 1.82) is 0 Å². The predicted molar refractivity (Wildman–Crippen MR) is 73.6 cm³/mol. The second-order valence-electron chi connectivity index (χ2n) is 5.91. The van der Waals surface area contributed by atoms with Gasteiger partial charge in [-0.05, 0) is 51.6 Å². The molecule has 0 aromatic rings. The molecule has 18 heavy (non-hydrogen) atoms. The van der Waals surface area contributed by atoms with Gasteiger partial charge >= 0.3 is 6.09 Å². The Morgan fingerprint density at radius 3 is 2.39 bits per heavy atom. The van der Waals surface area contributed by atoms with Crippen LogP contribution in [0.25, 0.3) is 0 Å². The molecular formula is C14H28N2O2. The molecule has 1 heterocycles. The second kappa shape index (κ2) is 7.62. The van der Waals surface area contributed by atoms with Crippen LogP contribution >= 0.6 is 0 Å². The summed E-state index contributed by atoms with van der Waals surface area (Å²) in [6, 6.07) is 0.208. The van der Waals surface area contributed by atoms with Gasteiger partial charge in [0.15, 0.2) is 0 Å². The maximum Gasteiger partial charge on any atom is 0.410 e. The first-order chi connectivity index (χ1) is 8.50. The van der Waals surface area contributed by atoms with E-state index < -0.39 is 0 Å². The summed E-state index contributed by atoms with van der Waals surface area (Å²) in [4.78, 5) is 13.9. The summed E-state index contributed by atoms with van der Waals surface area (Å²) in [5, 5.41) is 3.35. The van der Waals surface area contributed by atoms with Crippen LogP contribution in [-0.4, -0.2) is 43.3 Å². The molecule has 0 aromatic carbocycles. The molecule has 0 unspecified atom stereocenters. The Hall–Kier alpha value is -0.770. The number of carbonyl (C=O) groups excluding carboxylic acids is 1. The van der Waals surface area contributed by atoms with E-state index in [0.717, 1.165) is 32.5 Å². The van der Waals surface area contributed by atoms with Crippen LogP contribution in [0, 0.1) is 11.8 Å². The first-order valence-corrected chi connectivity index (χ1v) is 7.14. The lowest BCUT2D eigenvalue weighted by molar-refractivity contribution is 0.0732. The lowest BCUT2D eigenvalue weighted by Crippen LogP contribution is -2.43. The van der Waals surface area contributed by atoms with Crippen LogP contribution in [0.5, 0.6) is 0 Å². The van der Waals surface area contributed by atoms with E-state index >= 15 is 0 Å². The number of ether oxygens (including phenoxy) is 1. The van der Waals surface area contributed by atoms with Gasteiger partial charge in [0.1, 0.15) is 0 Å². The SMILES string of the molecule is CC(C)COC(=O)N(CC1CCNCC1)C(C)C. The minimum Gasteiger partial charge on any atom is -0.449 e. The van der Waals surface area contributed by atoms with Crippen molar-refractivity contribution < 1.29 is 9.53 Å². The molecule has 0 atom stereocenters. The summed E-state index contributed by atoms with van der Waals surface area (Å²) < 4.78 is 5.34. The molecule has 1 fully saturated rings. The van der Waals surface area contributed by atoms with E-state index in [1.165, 1.54) is 0 Å². The Morgan fingerprint density at radius 1 is 1.28 bits per heavy atom. The lowest BCUT2D eigenvalue weighted by Gasteiger charge is -2.32. The highest BCUT2D eigenvalue weighted by Gasteiger charge is 2.23. The van der Waals surface area contributed by atoms with Crippen LogP contribution in [0.2, 0.25) is 0 Å². The topological polar surface area (TPSA) is 41.6 Å². The zero-order valence-corrected chi connectivity index (χ0v) is 12.2. The molecule has 0 bridgehead atoms. The van der Waals surface area contributed by atoms with Crippen molar-refractivity contribution in [3.05, 3.63) is 0 Å². The Kier molecular flexibility index (Phi) is 6.47. The molecule has 0 aliphatic carbocycles. The number of piperidine rings is 1. The van der Waals surface area contributed by atoms with Gasteiger partial charge < -0.3 is 15.0 Å². The van der Waals surface area contributed by atoms with Crippen molar-refractivity contribution in [2.75, 3.05) is 26.2 Å². The zero-order valence-electron chi connectivity index (χ0n) is 12.2. The van der Waals surface area contributed by atoms with E-state index in [0.29, 0.717) is 18.4 Å². The van der Waals surface area contributed by atoms with Gasteiger partial charge in [-0.25, -0.2) is 4.79 Å². The number of rotatable bonds is 5. The minimum atomic E-state index is -0.155. The molecule has 0 saturated carbocycles. The molecule has 1 aliphatic rings. The molecule has 0 aromatic heterocycles. The fraction of sp³-hybridized carbons (Fsp3) is 0.929. The van der Waals surface area contributed by atoms with Gasteiger partial charge in [-0.1, -0.05) is 13.8 Å². The number of nitrogens with one attached hydrogen (secondary N) is 1. The first kappa shape index (κ1) is 15.3. The van der Waals surface area contributed by atoms with E-state index in [9.17, 15) is 4.79 Å². The highest BCUT2D eigenvalue weighted by molar-refractivity contribution is 5.67. The summed E-state index contributed by atoms with van der Waals surface area (Å²) in [5.41, 5.74) is 0. The molecule has 1 saturated heterocycles. The maximum atomic E-state index is 12.1. The van der Waals surface area contributed by atoms with E-state index in [4.69, 9.17) is 4.74 Å². The lowest BCUT2D eigenvalue weighted by atomic mass is 9.97. The van der Waals surface area contributed by atoms with E-state index in [1.807, 2.05) is 4.90 Å². The minimum absolute atomic E-state index is 0.155. The standard InChI is InChI=1S/C14H28N2O2/c1-11(2)10-18-14(17)16(12(3)4)9-13-5-7-15-8-6-13/h11-13,15H,5-10H2,1-4H3. The number of hydrogen-bond donors (Lipinski definition) is 1. The predicted octanol–water partition coefficient (Wildman–Crippen LogP) is 2.49. The molecular weight excluding hydrogens is 228 g/mol. The van der Waals surface area contributed by atoms with E-state index in [1.54, 1.807) is 0 Å². The third-order valence-electron chi connectivity index (χ3n) is 3.31. The molecule has 0 spiro atoms. The van der Waals surface area contributed by atoms with Crippen molar-refractivity contribution in [3.8, 4) is 0 Å². The Bertz CT molecular complexity index is 248. The highest BCUT2D eigenvalue weighted by Crippen LogP contribution is 2.16. The van der Waals surface area contributed by atoms with E-state index in [-0.39, 0.29) is 12.1 Å². The Labute approximate surface area is 111 Å². The van der Waals surface area contributed by atoms with Gasteiger partial charge in [0.2, 0.25) is 0 Å². The monoisotopic (exact) mass is 256 g/mol.